The van der Waals surface area contributed by atoms with Gasteiger partial charge >= 0.3 is 11.9 Å². The zero-order chi connectivity index (χ0) is 29.9. The molecular weight excluding hydrogens is 564 g/mol. The summed E-state index contributed by atoms with van der Waals surface area (Å²) in [5.41, 5.74) is 2.01. The van der Waals surface area contributed by atoms with E-state index in [9.17, 15) is 28.2 Å². The van der Waals surface area contributed by atoms with Gasteiger partial charge in [0, 0.05) is 30.1 Å². The van der Waals surface area contributed by atoms with Crippen molar-refractivity contribution in [1.82, 2.24) is 9.29 Å². The third-order valence-corrected chi connectivity index (χ3v) is 8.13. The topological polar surface area (TPSA) is 153 Å². The third kappa shape index (κ3) is 6.17. The van der Waals surface area contributed by atoms with E-state index in [0.29, 0.717) is 40.3 Å². The monoisotopic (exact) mass is 590 g/mol. The van der Waals surface area contributed by atoms with Gasteiger partial charge in [0.05, 0.1) is 10.5 Å². The average Bonchev–Trinajstić information content (AvgIpc) is 3.57. The van der Waals surface area contributed by atoms with Crippen molar-refractivity contribution in [2.45, 2.75) is 30.8 Å². The van der Waals surface area contributed by atoms with Crippen molar-refractivity contribution in [2.24, 2.45) is 0 Å². The summed E-state index contributed by atoms with van der Waals surface area (Å²) in [5.74, 6) is 4.55. The Labute approximate surface area is 241 Å². The lowest BCUT2D eigenvalue weighted by Crippen LogP contribution is -2.42. The van der Waals surface area contributed by atoms with E-state index >= 15 is 0 Å². The van der Waals surface area contributed by atoms with Crippen molar-refractivity contribution >= 4 is 32.9 Å². The molecule has 216 valence electrons. The van der Waals surface area contributed by atoms with Crippen LogP contribution in [-0.2, 0) is 27.8 Å². The Hall–Kier alpha value is -4.99. The number of carboxylic acid groups (broad SMARTS) is 2. The molecule has 2 heterocycles. The van der Waals surface area contributed by atoms with Gasteiger partial charge < -0.3 is 29.0 Å². The SMILES string of the molecule is CC#CCOc1ccc(S(=O)(=O)NC(Cc2cn(Cc3ccc4c(c3)OCO4)c3ccc(C(=O)O)cc23)C(=O)O)cc1. The summed E-state index contributed by atoms with van der Waals surface area (Å²) in [4.78, 5) is 23.8. The Balaban J connectivity index is 1.43. The molecule has 12 heteroatoms. The number of aliphatic carboxylic acids is 1. The lowest BCUT2D eigenvalue weighted by atomic mass is 10.0. The first kappa shape index (κ1) is 28.5. The lowest BCUT2D eigenvalue weighted by molar-refractivity contribution is -0.138. The second-order valence-electron chi connectivity index (χ2n) is 9.41. The maximum atomic E-state index is 13.1. The summed E-state index contributed by atoms with van der Waals surface area (Å²) in [5, 5.41) is 20.0. The van der Waals surface area contributed by atoms with E-state index in [-0.39, 0.29) is 30.3 Å². The number of hydrogen-bond acceptors (Lipinski definition) is 7. The lowest BCUT2D eigenvalue weighted by Gasteiger charge is -2.15. The normalized spacial score (nSPS) is 12.9. The number of sulfonamides is 1. The molecule has 1 aliphatic rings. The highest BCUT2D eigenvalue weighted by Gasteiger charge is 2.27. The van der Waals surface area contributed by atoms with Crippen LogP contribution in [0.1, 0.15) is 28.4 Å². The summed E-state index contributed by atoms with van der Waals surface area (Å²) in [6, 6.07) is 14.1. The quantitative estimate of drug-likeness (QED) is 0.223. The van der Waals surface area contributed by atoms with E-state index in [1.54, 1.807) is 25.3 Å². The van der Waals surface area contributed by atoms with Crippen molar-refractivity contribution in [1.29, 1.82) is 0 Å². The molecule has 0 amide bonds. The Morgan fingerprint density at radius 3 is 2.52 bits per heavy atom. The van der Waals surface area contributed by atoms with Crippen LogP contribution in [0.2, 0.25) is 0 Å². The first-order valence-corrected chi connectivity index (χ1v) is 14.2. The predicted octanol–water partition coefficient (Wildman–Crippen LogP) is 3.49. The van der Waals surface area contributed by atoms with Crippen molar-refractivity contribution in [3.63, 3.8) is 0 Å². The summed E-state index contributed by atoms with van der Waals surface area (Å²) < 4.78 is 46.6. The fourth-order valence-corrected chi connectivity index (χ4v) is 5.78. The fraction of sp³-hybridized carbons (Fsp3) is 0.200. The second-order valence-corrected chi connectivity index (χ2v) is 11.1. The molecule has 4 aromatic rings. The van der Waals surface area contributed by atoms with Gasteiger partial charge in [0.25, 0.3) is 0 Å². The molecule has 1 aliphatic heterocycles. The van der Waals surface area contributed by atoms with E-state index in [4.69, 9.17) is 14.2 Å². The van der Waals surface area contributed by atoms with Gasteiger partial charge in [0.15, 0.2) is 11.5 Å². The van der Waals surface area contributed by atoms with Gasteiger partial charge in [-0.3, -0.25) is 4.79 Å². The van der Waals surface area contributed by atoms with Crippen molar-refractivity contribution in [3.05, 3.63) is 83.6 Å². The molecule has 5 rings (SSSR count). The highest BCUT2D eigenvalue weighted by atomic mass is 32.2. The Kier molecular flexibility index (Phi) is 8.06. The molecule has 42 heavy (non-hydrogen) atoms. The molecule has 0 fully saturated rings. The molecule has 0 radical (unpaired) electrons. The zero-order valence-electron chi connectivity index (χ0n) is 22.4. The number of benzene rings is 3. The van der Waals surface area contributed by atoms with E-state index in [1.807, 2.05) is 16.7 Å². The molecule has 1 unspecified atom stereocenters. The zero-order valence-corrected chi connectivity index (χ0v) is 23.2. The molecule has 0 saturated heterocycles. The minimum atomic E-state index is -4.23. The van der Waals surface area contributed by atoms with E-state index in [0.717, 1.165) is 5.56 Å². The number of carboxylic acids is 2. The van der Waals surface area contributed by atoms with Crippen LogP contribution in [0.3, 0.4) is 0 Å². The van der Waals surface area contributed by atoms with Crippen LogP contribution < -0.4 is 18.9 Å². The number of ether oxygens (including phenoxy) is 3. The highest BCUT2D eigenvalue weighted by molar-refractivity contribution is 7.89. The van der Waals surface area contributed by atoms with Gasteiger partial charge in [-0.25, -0.2) is 13.2 Å². The maximum absolute atomic E-state index is 13.1. The summed E-state index contributed by atoms with van der Waals surface area (Å²) in [7, 11) is -4.23. The Bertz CT molecular complexity index is 1830. The number of fused-ring (bicyclic) bond motifs is 2. The van der Waals surface area contributed by atoms with Crippen LogP contribution in [0.15, 0.2) is 71.8 Å². The number of nitrogens with zero attached hydrogens (tertiary/aromatic N) is 1. The smallest absolute Gasteiger partial charge is 0.335 e. The standard InChI is InChI=1S/C30H26N2O9S/c1-2-3-12-39-22-6-8-23(9-7-22)42(37,38)31-25(30(35)36)15-21-17-32(26-10-5-20(29(33)34)14-24(21)26)16-19-4-11-27-28(13-19)41-18-40-27/h4-11,13-14,17,25,31H,12,15-16,18H2,1H3,(H,33,34)(H,35,36). The molecule has 0 saturated carbocycles. The van der Waals surface area contributed by atoms with Crippen LogP contribution in [0.4, 0.5) is 0 Å². The number of carbonyl (C=O) groups is 2. The number of rotatable bonds is 11. The predicted molar refractivity (Wildman–Crippen MR) is 151 cm³/mol. The first-order chi connectivity index (χ1) is 20.1. The maximum Gasteiger partial charge on any atom is 0.335 e. The summed E-state index contributed by atoms with van der Waals surface area (Å²) in [6.45, 7) is 2.31. The molecular formula is C30H26N2O9S. The van der Waals surface area contributed by atoms with Crippen LogP contribution in [-0.4, -0.2) is 54.6 Å². The molecule has 1 aromatic heterocycles. The first-order valence-electron chi connectivity index (χ1n) is 12.8. The summed E-state index contributed by atoms with van der Waals surface area (Å²) in [6.07, 6.45) is 1.47. The van der Waals surface area contributed by atoms with Crippen molar-refractivity contribution < 1.29 is 42.4 Å². The van der Waals surface area contributed by atoms with Crippen LogP contribution in [0, 0.1) is 11.8 Å². The number of nitrogens with one attached hydrogen (secondary N) is 1. The fourth-order valence-electron chi connectivity index (χ4n) is 4.59. The number of aromatic nitrogens is 1. The molecule has 0 aliphatic carbocycles. The van der Waals surface area contributed by atoms with Gasteiger partial charge in [0.2, 0.25) is 16.8 Å². The van der Waals surface area contributed by atoms with Gasteiger partial charge in [-0.1, -0.05) is 12.0 Å². The van der Waals surface area contributed by atoms with Crippen LogP contribution in [0.5, 0.6) is 17.2 Å². The molecule has 0 bridgehead atoms. The molecule has 11 nitrogen and oxygen atoms in total. The Morgan fingerprint density at radius 2 is 1.81 bits per heavy atom. The molecule has 3 N–H and O–H groups in total. The largest absolute Gasteiger partial charge is 0.481 e. The molecule has 0 spiro atoms. The molecule has 3 aromatic carbocycles. The van der Waals surface area contributed by atoms with Crippen LogP contribution >= 0.6 is 0 Å². The number of aromatic carboxylic acids is 1. The van der Waals surface area contributed by atoms with Gasteiger partial charge in [-0.05, 0) is 72.6 Å². The second kappa shape index (κ2) is 11.9. The average molecular weight is 591 g/mol. The van der Waals surface area contributed by atoms with Crippen molar-refractivity contribution in [2.75, 3.05) is 13.4 Å². The minimum Gasteiger partial charge on any atom is -0.481 e. The Morgan fingerprint density at radius 1 is 1.05 bits per heavy atom. The van der Waals surface area contributed by atoms with E-state index < -0.39 is 28.0 Å². The van der Waals surface area contributed by atoms with Crippen molar-refractivity contribution in [3.8, 4) is 29.1 Å². The van der Waals surface area contributed by atoms with E-state index in [2.05, 4.69) is 16.6 Å². The van der Waals surface area contributed by atoms with Gasteiger partial charge in [0.1, 0.15) is 18.4 Å². The minimum absolute atomic E-state index is 0.0178. The van der Waals surface area contributed by atoms with Crippen LogP contribution in [0.25, 0.3) is 10.9 Å². The van der Waals surface area contributed by atoms with E-state index in [1.165, 1.54) is 36.4 Å². The summed E-state index contributed by atoms with van der Waals surface area (Å²) >= 11 is 0. The molecule has 1 atom stereocenters. The number of hydrogen-bond donors (Lipinski definition) is 3. The van der Waals surface area contributed by atoms with Gasteiger partial charge in [-0.2, -0.15) is 4.72 Å². The highest BCUT2D eigenvalue weighted by Crippen LogP contribution is 2.33. The van der Waals surface area contributed by atoms with Gasteiger partial charge in [-0.15, -0.1) is 5.92 Å². The third-order valence-electron chi connectivity index (χ3n) is 6.64.